The van der Waals surface area contributed by atoms with E-state index < -0.39 is 21.5 Å². The number of hydrogen-bond donors (Lipinski definition) is 2. The van der Waals surface area contributed by atoms with Gasteiger partial charge in [0.05, 0.1) is 18.4 Å². The van der Waals surface area contributed by atoms with Crippen molar-refractivity contribution in [1.29, 1.82) is 0 Å². The van der Waals surface area contributed by atoms with Crippen molar-refractivity contribution in [3.63, 3.8) is 0 Å². The second kappa shape index (κ2) is 7.63. The number of benzene rings is 1. The number of carbonyl (C=O) groups excluding carboxylic acids is 1. The zero-order valence-corrected chi connectivity index (χ0v) is 15.1. The number of carbonyl (C=O) groups is 1. The lowest BCUT2D eigenvalue weighted by molar-refractivity contribution is 0.0600. The highest BCUT2D eigenvalue weighted by Crippen LogP contribution is 2.33. The van der Waals surface area contributed by atoms with Gasteiger partial charge in [0.15, 0.2) is 0 Å². The van der Waals surface area contributed by atoms with E-state index in [1.807, 2.05) is 6.92 Å². The van der Waals surface area contributed by atoms with Crippen LogP contribution in [0.1, 0.15) is 48.5 Å². The highest BCUT2D eigenvalue weighted by Gasteiger charge is 2.40. The van der Waals surface area contributed by atoms with Crippen molar-refractivity contribution in [1.82, 2.24) is 4.72 Å². The average molecular weight is 354 g/mol. The first-order valence-corrected chi connectivity index (χ1v) is 9.86. The van der Waals surface area contributed by atoms with E-state index in [4.69, 9.17) is 5.73 Å². The van der Waals surface area contributed by atoms with Gasteiger partial charge < -0.3 is 10.5 Å². The SMILES string of the molecule is COC(=O)c1cccc(CS(=O)(=O)NC2(CN)CCCCC2C)c1. The Kier molecular flexibility index (Phi) is 6.01. The molecule has 7 heteroatoms. The van der Waals surface area contributed by atoms with Crippen LogP contribution < -0.4 is 10.5 Å². The minimum atomic E-state index is -3.57. The fraction of sp³-hybridized carbons (Fsp3) is 0.588. The van der Waals surface area contributed by atoms with E-state index in [1.165, 1.54) is 7.11 Å². The fourth-order valence-electron chi connectivity index (χ4n) is 3.38. The summed E-state index contributed by atoms with van der Waals surface area (Å²) in [6, 6.07) is 6.48. The van der Waals surface area contributed by atoms with E-state index in [0.29, 0.717) is 11.1 Å². The Morgan fingerprint density at radius 3 is 2.79 bits per heavy atom. The highest BCUT2D eigenvalue weighted by atomic mass is 32.2. The molecule has 0 spiro atoms. The molecule has 24 heavy (non-hydrogen) atoms. The van der Waals surface area contributed by atoms with Gasteiger partial charge in [0.25, 0.3) is 0 Å². The van der Waals surface area contributed by atoms with Crippen LogP contribution in [0.25, 0.3) is 0 Å². The van der Waals surface area contributed by atoms with Gasteiger partial charge in [0.2, 0.25) is 10.0 Å². The second-order valence-electron chi connectivity index (χ2n) is 6.56. The molecule has 1 aromatic rings. The maximum atomic E-state index is 12.6. The minimum absolute atomic E-state index is 0.188. The van der Waals surface area contributed by atoms with E-state index in [-0.39, 0.29) is 18.2 Å². The number of nitrogens with one attached hydrogen (secondary N) is 1. The van der Waals surface area contributed by atoms with E-state index in [1.54, 1.807) is 24.3 Å². The normalized spacial score (nSPS) is 24.5. The molecule has 3 N–H and O–H groups in total. The number of hydrogen-bond acceptors (Lipinski definition) is 5. The summed E-state index contributed by atoms with van der Waals surface area (Å²) in [6.45, 7) is 2.34. The van der Waals surface area contributed by atoms with Gasteiger partial charge in [-0.2, -0.15) is 0 Å². The van der Waals surface area contributed by atoms with Crippen LogP contribution in [0.4, 0.5) is 0 Å². The number of sulfonamides is 1. The molecule has 0 heterocycles. The lowest BCUT2D eigenvalue weighted by Gasteiger charge is -2.42. The number of methoxy groups -OCH3 is 1. The van der Waals surface area contributed by atoms with Gasteiger partial charge >= 0.3 is 5.97 Å². The molecule has 0 radical (unpaired) electrons. The summed E-state index contributed by atoms with van der Waals surface area (Å²) in [5.41, 5.74) is 6.23. The largest absolute Gasteiger partial charge is 0.465 e. The lowest BCUT2D eigenvalue weighted by atomic mass is 9.74. The van der Waals surface area contributed by atoms with Gasteiger partial charge in [-0.1, -0.05) is 31.9 Å². The van der Waals surface area contributed by atoms with Crippen molar-refractivity contribution >= 4 is 16.0 Å². The number of rotatable bonds is 6. The van der Waals surface area contributed by atoms with Crippen LogP contribution in [0.3, 0.4) is 0 Å². The molecule has 0 aromatic heterocycles. The summed E-state index contributed by atoms with van der Waals surface area (Å²) >= 11 is 0. The van der Waals surface area contributed by atoms with Gasteiger partial charge in [-0.15, -0.1) is 0 Å². The lowest BCUT2D eigenvalue weighted by Crippen LogP contribution is -2.59. The van der Waals surface area contributed by atoms with Crippen LogP contribution in [0.5, 0.6) is 0 Å². The third-order valence-corrected chi connectivity index (χ3v) is 6.31. The molecule has 6 nitrogen and oxygen atoms in total. The molecule has 1 aromatic carbocycles. The molecule has 2 unspecified atom stereocenters. The van der Waals surface area contributed by atoms with Crippen LogP contribution in [-0.4, -0.2) is 33.6 Å². The second-order valence-corrected chi connectivity index (χ2v) is 8.28. The van der Waals surface area contributed by atoms with Gasteiger partial charge in [-0.3, -0.25) is 0 Å². The quantitative estimate of drug-likeness (QED) is 0.759. The summed E-state index contributed by atoms with van der Waals surface area (Å²) in [7, 11) is -2.27. The molecule has 0 aliphatic heterocycles. The zero-order chi connectivity index (χ0) is 17.8. The third-order valence-electron chi connectivity index (χ3n) is 4.88. The van der Waals surface area contributed by atoms with E-state index >= 15 is 0 Å². The van der Waals surface area contributed by atoms with Gasteiger partial charge in [-0.25, -0.2) is 17.9 Å². The van der Waals surface area contributed by atoms with Gasteiger partial charge in [0, 0.05) is 12.1 Å². The third kappa shape index (κ3) is 4.34. The Bertz CT molecular complexity index is 690. The molecule has 1 aliphatic carbocycles. The maximum Gasteiger partial charge on any atom is 0.337 e. The first-order chi connectivity index (χ1) is 11.3. The topological polar surface area (TPSA) is 98.5 Å². The maximum absolute atomic E-state index is 12.6. The van der Waals surface area contributed by atoms with E-state index in [9.17, 15) is 13.2 Å². The number of ether oxygens (including phenoxy) is 1. The Morgan fingerprint density at radius 2 is 2.17 bits per heavy atom. The molecule has 1 saturated carbocycles. The van der Waals surface area contributed by atoms with Crippen molar-refractivity contribution in [3.8, 4) is 0 Å². The summed E-state index contributed by atoms with van der Waals surface area (Å²) < 4.78 is 32.8. The van der Waals surface area contributed by atoms with Crippen molar-refractivity contribution in [2.45, 2.75) is 43.9 Å². The van der Waals surface area contributed by atoms with Crippen molar-refractivity contribution in [2.75, 3.05) is 13.7 Å². The Hall–Kier alpha value is -1.44. The number of esters is 1. The standard InChI is InChI=1S/C17H26N2O4S/c1-13-6-3-4-9-17(13,12-18)19-24(21,22)11-14-7-5-8-15(10-14)16(20)23-2/h5,7-8,10,13,19H,3-4,6,9,11-12,18H2,1-2H3. The first-order valence-electron chi connectivity index (χ1n) is 8.21. The monoisotopic (exact) mass is 354 g/mol. The molecule has 2 atom stereocenters. The molecular formula is C17H26N2O4S. The van der Waals surface area contributed by atoms with Crippen molar-refractivity contribution in [3.05, 3.63) is 35.4 Å². The van der Waals surface area contributed by atoms with Crippen LogP contribution in [-0.2, 0) is 20.5 Å². The molecule has 0 saturated heterocycles. The molecule has 1 aliphatic rings. The van der Waals surface area contributed by atoms with Gasteiger partial charge in [-0.05, 0) is 36.5 Å². The smallest absolute Gasteiger partial charge is 0.337 e. The first kappa shape index (κ1) is 18.9. The Morgan fingerprint density at radius 1 is 1.42 bits per heavy atom. The van der Waals surface area contributed by atoms with E-state index in [0.717, 1.165) is 25.7 Å². The summed E-state index contributed by atoms with van der Waals surface area (Å²) in [5, 5.41) is 0. The predicted octanol–water partition coefficient (Wildman–Crippen LogP) is 1.80. The summed E-state index contributed by atoms with van der Waals surface area (Å²) in [5.74, 6) is -0.472. The molecule has 134 valence electrons. The summed E-state index contributed by atoms with van der Waals surface area (Å²) in [6.07, 6.45) is 3.80. The zero-order valence-electron chi connectivity index (χ0n) is 14.2. The Balaban J connectivity index is 2.17. The van der Waals surface area contributed by atoms with Gasteiger partial charge in [0.1, 0.15) is 0 Å². The van der Waals surface area contributed by atoms with Crippen molar-refractivity contribution in [2.24, 2.45) is 11.7 Å². The van der Waals surface area contributed by atoms with Crippen LogP contribution in [0.2, 0.25) is 0 Å². The average Bonchev–Trinajstić information content (AvgIpc) is 2.56. The van der Waals surface area contributed by atoms with Crippen LogP contribution in [0, 0.1) is 5.92 Å². The van der Waals surface area contributed by atoms with Crippen LogP contribution in [0.15, 0.2) is 24.3 Å². The molecular weight excluding hydrogens is 328 g/mol. The predicted molar refractivity (Wildman–Crippen MR) is 93.0 cm³/mol. The number of nitrogens with two attached hydrogens (primary N) is 1. The highest BCUT2D eigenvalue weighted by molar-refractivity contribution is 7.88. The van der Waals surface area contributed by atoms with Crippen LogP contribution >= 0.6 is 0 Å². The van der Waals surface area contributed by atoms with E-state index in [2.05, 4.69) is 9.46 Å². The molecule has 0 amide bonds. The molecule has 2 rings (SSSR count). The minimum Gasteiger partial charge on any atom is -0.465 e. The fourth-order valence-corrected chi connectivity index (χ4v) is 5.08. The van der Waals surface area contributed by atoms with Crippen molar-refractivity contribution < 1.29 is 17.9 Å². The Labute approximate surface area is 143 Å². The molecule has 1 fully saturated rings. The summed E-state index contributed by atoms with van der Waals surface area (Å²) in [4.78, 5) is 11.6. The molecule has 0 bridgehead atoms.